The topological polar surface area (TPSA) is 26.3 Å². The molecule has 64 valence electrons. The van der Waals surface area contributed by atoms with Crippen LogP contribution in [-0.4, -0.2) is 50.3 Å². The number of hydrogen-bond acceptors (Lipinski definition) is 2. The predicted octanol–water partition coefficient (Wildman–Crippen LogP) is 1.97. The van der Waals surface area contributed by atoms with Gasteiger partial charge >= 0.3 is 43.7 Å². The summed E-state index contributed by atoms with van der Waals surface area (Å²) < 4.78 is 4.75. The quantitative estimate of drug-likeness (QED) is 0.373. The van der Waals surface area contributed by atoms with E-state index in [0.29, 0.717) is 6.61 Å². The molecular formula is C8H18CaO2. The molecule has 0 aliphatic rings. The number of hydrogen-bond donors (Lipinski definition) is 0. The molecule has 2 nitrogen and oxygen atoms in total. The van der Waals surface area contributed by atoms with Crippen molar-refractivity contribution in [1.82, 2.24) is 0 Å². The van der Waals surface area contributed by atoms with Crippen LogP contribution in [0.5, 0.6) is 0 Å². The first-order valence-electron chi connectivity index (χ1n) is 3.90. The zero-order chi connectivity index (χ0) is 7.82. The van der Waals surface area contributed by atoms with Gasteiger partial charge in [0.1, 0.15) is 0 Å². The summed E-state index contributed by atoms with van der Waals surface area (Å²) in [5.74, 6) is -0.170. The molecule has 0 aliphatic carbocycles. The maximum atomic E-state index is 10.3. The minimum absolute atomic E-state index is 0. The maximum Gasteiger partial charge on any atom is 2.00 e. The van der Waals surface area contributed by atoms with Crippen LogP contribution in [0.25, 0.3) is 0 Å². The van der Waals surface area contributed by atoms with Crippen molar-refractivity contribution in [2.75, 3.05) is 6.61 Å². The zero-order valence-corrected chi connectivity index (χ0v) is 9.77. The van der Waals surface area contributed by atoms with E-state index in [0.717, 1.165) is 6.42 Å². The number of unbranched alkanes of at least 4 members (excludes halogenated alkanes) is 3. The van der Waals surface area contributed by atoms with Gasteiger partial charge in [-0.3, -0.25) is 4.79 Å². The summed E-state index contributed by atoms with van der Waals surface area (Å²) in [7, 11) is 0. The van der Waals surface area contributed by atoms with Crippen LogP contribution in [-0.2, 0) is 9.53 Å². The fraction of sp³-hybridized carbons (Fsp3) is 0.875. The van der Waals surface area contributed by atoms with E-state index in [1.54, 1.807) is 0 Å². The van der Waals surface area contributed by atoms with Gasteiger partial charge in [0, 0.05) is 6.92 Å². The monoisotopic (exact) mass is 186 g/mol. The normalized spacial score (nSPS) is 8.55. The van der Waals surface area contributed by atoms with Crippen molar-refractivity contribution in [3.05, 3.63) is 0 Å². The van der Waals surface area contributed by atoms with E-state index in [2.05, 4.69) is 6.92 Å². The van der Waals surface area contributed by atoms with Crippen molar-refractivity contribution in [3.63, 3.8) is 0 Å². The Bertz CT molecular complexity index is 102. The minimum Gasteiger partial charge on any atom is -1.00 e. The van der Waals surface area contributed by atoms with Crippen molar-refractivity contribution < 1.29 is 12.4 Å². The molecule has 0 rings (SSSR count). The molecule has 0 spiro atoms. The maximum absolute atomic E-state index is 10.3. The smallest absolute Gasteiger partial charge is 1.00 e. The Morgan fingerprint density at radius 2 is 2.00 bits per heavy atom. The molecule has 0 aromatic carbocycles. The van der Waals surface area contributed by atoms with Crippen LogP contribution in [0.1, 0.15) is 42.4 Å². The molecular weight excluding hydrogens is 168 g/mol. The van der Waals surface area contributed by atoms with Crippen LogP contribution in [0.15, 0.2) is 0 Å². The number of carbonyl (C=O) groups is 1. The SMILES string of the molecule is CCCCCCOC(C)=O.[Ca+2].[H-].[H-]. The largest absolute Gasteiger partial charge is 2.00 e. The summed E-state index contributed by atoms with van der Waals surface area (Å²) in [5.41, 5.74) is 0. The number of rotatable bonds is 5. The van der Waals surface area contributed by atoms with E-state index in [1.807, 2.05) is 0 Å². The van der Waals surface area contributed by atoms with E-state index in [4.69, 9.17) is 4.74 Å². The molecule has 0 radical (unpaired) electrons. The third-order valence-corrected chi connectivity index (χ3v) is 1.30. The average molecular weight is 186 g/mol. The summed E-state index contributed by atoms with van der Waals surface area (Å²) in [4.78, 5) is 10.3. The molecule has 0 unspecified atom stereocenters. The molecule has 0 saturated heterocycles. The molecule has 0 amide bonds. The zero-order valence-electron chi connectivity index (χ0n) is 9.56. The van der Waals surface area contributed by atoms with Gasteiger partial charge in [0.15, 0.2) is 0 Å². The summed E-state index contributed by atoms with van der Waals surface area (Å²) >= 11 is 0. The molecule has 0 aromatic heterocycles. The van der Waals surface area contributed by atoms with Crippen molar-refractivity contribution >= 4 is 43.7 Å². The Labute approximate surface area is 102 Å². The van der Waals surface area contributed by atoms with Gasteiger partial charge in [-0.15, -0.1) is 0 Å². The van der Waals surface area contributed by atoms with Crippen LogP contribution in [0.2, 0.25) is 0 Å². The van der Waals surface area contributed by atoms with E-state index in [1.165, 1.54) is 26.2 Å². The number of carbonyl (C=O) groups excluding carboxylic acids is 1. The van der Waals surface area contributed by atoms with Crippen molar-refractivity contribution in [3.8, 4) is 0 Å². The average Bonchev–Trinajstić information content (AvgIpc) is 1.87. The van der Waals surface area contributed by atoms with E-state index in [-0.39, 0.29) is 46.6 Å². The van der Waals surface area contributed by atoms with Gasteiger partial charge < -0.3 is 7.59 Å². The van der Waals surface area contributed by atoms with Crippen LogP contribution < -0.4 is 0 Å². The first-order valence-corrected chi connectivity index (χ1v) is 3.90. The fourth-order valence-corrected chi connectivity index (χ4v) is 0.745. The van der Waals surface area contributed by atoms with Gasteiger partial charge in [-0.2, -0.15) is 0 Å². The molecule has 11 heavy (non-hydrogen) atoms. The standard InChI is InChI=1S/C8H16O2.Ca.2H/c1-3-4-5-6-7-10-8(2)9;;;/h3-7H2,1-2H3;;;/q;+2;2*-1. The van der Waals surface area contributed by atoms with Crippen molar-refractivity contribution in [2.24, 2.45) is 0 Å². The third kappa shape index (κ3) is 13.7. The van der Waals surface area contributed by atoms with Crippen LogP contribution >= 0.6 is 0 Å². The molecule has 0 saturated carbocycles. The van der Waals surface area contributed by atoms with Gasteiger partial charge in [-0.05, 0) is 6.42 Å². The summed E-state index contributed by atoms with van der Waals surface area (Å²) in [6.07, 6.45) is 4.64. The Morgan fingerprint density at radius 3 is 2.45 bits per heavy atom. The Hall–Kier alpha value is 0.730. The van der Waals surface area contributed by atoms with Gasteiger partial charge in [0.05, 0.1) is 6.61 Å². The Kier molecular flexibility index (Phi) is 13.9. The molecule has 3 heteroatoms. The molecule has 0 N–H and O–H groups in total. The summed E-state index contributed by atoms with van der Waals surface area (Å²) in [5, 5.41) is 0. The van der Waals surface area contributed by atoms with Gasteiger partial charge in [0.2, 0.25) is 0 Å². The second-order valence-electron chi connectivity index (χ2n) is 2.40. The third-order valence-electron chi connectivity index (χ3n) is 1.30. The van der Waals surface area contributed by atoms with Gasteiger partial charge in [-0.1, -0.05) is 26.2 Å². The molecule has 0 bridgehead atoms. The van der Waals surface area contributed by atoms with E-state index < -0.39 is 0 Å². The Balaban J connectivity index is -0.000000135. The van der Waals surface area contributed by atoms with Crippen LogP contribution in [0, 0.1) is 0 Å². The first-order chi connectivity index (χ1) is 4.77. The van der Waals surface area contributed by atoms with Crippen molar-refractivity contribution in [2.45, 2.75) is 39.5 Å². The fourth-order valence-electron chi connectivity index (χ4n) is 0.745. The second kappa shape index (κ2) is 10.7. The first kappa shape index (κ1) is 14.3. The van der Waals surface area contributed by atoms with Crippen LogP contribution in [0.3, 0.4) is 0 Å². The molecule has 0 heterocycles. The summed E-state index contributed by atoms with van der Waals surface area (Å²) in [6, 6.07) is 0. The van der Waals surface area contributed by atoms with E-state index >= 15 is 0 Å². The number of ether oxygens (including phenoxy) is 1. The predicted molar refractivity (Wildman–Crippen MR) is 48.8 cm³/mol. The second-order valence-corrected chi connectivity index (χ2v) is 2.40. The molecule has 0 aromatic rings. The number of esters is 1. The van der Waals surface area contributed by atoms with Gasteiger partial charge in [0.25, 0.3) is 0 Å². The molecule has 0 aliphatic heterocycles. The van der Waals surface area contributed by atoms with Crippen LogP contribution in [0.4, 0.5) is 0 Å². The molecule has 0 fully saturated rings. The Morgan fingerprint density at radius 1 is 1.36 bits per heavy atom. The minimum atomic E-state index is -0.170. The summed E-state index contributed by atoms with van der Waals surface area (Å²) in [6.45, 7) is 4.20. The van der Waals surface area contributed by atoms with Gasteiger partial charge in [-0.25, -0.2) is 0 Å². The van der Waals surface area contributed by atoms with E-state index in [9.17, 15) is 4.79 Å². The van der Waals surface area contributed by atoms with Crippen molar-refractivity contribution in [1.29, 1.82) is 0 Å². The molecule has 0 atom stereocenters.